The third-order valence-electron chi connectivity index (χ3n) is 2.84. The van der Waals surface area contributed by atoms with Crippen molar-refractivity contribution in [2.45, 2.75) is 32.1 Å². The van der Waals surface area contributed by atoms with Crippen molar-refractivity contribution in [3.05, 3.63) is 34.9 Å². The molecule has 1 aromatic carbocycles. The van der Waals surface area contributed by atoms with E-state index in [0.717, 1.165) is 34.8 Å². The predicted octanol–water partition coefficient (Wildman–Crippen LogP) is 3.95. The van der Waals surface area contributed by atoms with Crippen LogP contribution in [0.5, 0.6) is 0 Å². The Kier molecular flexibility index (Phi) is 4.95. The molecular weight excluding hydrogens is 264 g/mol. The molecule has 0 spiro atoms. The fraction of sp³-hybridized carbons (Fsp3) is 0.500. The molecule has 1 aliphatic rings. The fourth-order valence-corrected chi connectivity index (χ4v) is 3.43. The van der Waals surface area contributed by atoms with E-state index < -0.39 is 0 Å². The SMILES string of the molecule is CC(C)CC1CN=C(NCc2ccccc2Cl)S1. The molecule has 1 atom stereocenters. The molecule has 1 heterocycles. The van der Waals surface area contributed by atoms with Crippen LogP contribution in [0.1, 0.15) is 25.8 Å². The Bertz CT molecular complexity index is 432. The lowest BCUT2D eigenvalue weighted by Gasteiger charge is -2.11. The molecule has 1 aromatic rings. The first-order chi connectivity index (χ1) is 8.65. The summed E-state index contributed by atoms with van der Waals surface area (Å²) in [6, 6.07) is 7.92. The second-order valence-corrected chi connectivity index (χ2v) is 6.66. The molecule has 0 amide bonds. The highest BCUT2D eigenvalue weighted by molar-refractivity contribution is 8.14. The molecule has 1 unspecified atom stereocenters. The molecule has 0 aliphatic carbocycles. The lowest BCUT2D eigenvalue weighted by molar-refractivity contribution is 0.575. The van der Waals surface area contributed by atoms with E-state index in [1.807, 2.05) is 36.0 Å². The number of thioether (sulfide) groups is 1. The molecule has 4 heteroatoms. The Morgan fingerprint density at radius 1 is 1.44 bits per heavy atom. The maximum Gasteiger partial charge on any atom is 0.157 e. The van der Waals surface area contributed by atoms with Gasteiger partial charge in [0.2, 0.25) is 0 Å². The van der Waals surface area contributed by atoms with Gasteiger partial charge in [-0.15, -0.1) is 0 Å². The van der Waals surface area contributed by atoms with Crippen LogP contribution in [0.25, 0.3) is 0 Å². The summed E-state index contributed by atoms with van der Waals surface area (Å²) in [4.78, 5) is 4.54. The van der Waals surface area contributed by atoms with Gasteiger partial charge in [0, 0.05) is 16.8 Å². The summed E-state index contributed by atoms with van der Waals surface area (Å²) in [5, 5.41) is 5.88. The van der Waals surface area contributed by atoms with Crippen molar-refractivity contribution >= 4 is 28.5 Å². The average Bonchev–Trinajstić information content (AvgIpc) is 2.75. The first-order valence-electron chi connectivity index (χ1n) is 6.33. The Labute approximate surface area is 118 Å². The molecule has 1 N–H and O–H groups in total. The zero-order valence-electron chi connectivity index (χ0n) is 10.8. The van der Waals surface area contributed by atoms with E-state index in [1.165, 1.54) is 6.42 Å². The summed E-state index contributed by atoms with van der Waals surface area (Å²) in [6.45, 7) is 6.21. The van der Waals surface area contributed by atoms with E-state index in [4.69, 9.17) is 11.6 Å². The lowest BCUT2D eigenvalue weighted by Crippen LogP contribution is -2.19. The molecule has 98 valence electrons. The van der Waals surface area contributed by atoms with Gasteiger partial charge in [0.1, 0.15) is 0 Å². The Morgan fingerprint density at radius 3 is 2.94 bits per heavy atom. The highest BCUT2D eigenvalue weighted by Gasteiger charge is 2.20. The third kappa shape index (κ3) is 3.92. The fourth-order valence-electron chi connectivity index (χ4n) is 1.98. The van der Waals surface area contributed by atoms with Crippen LogP contribution in [0.3, 0.4) is 0 Å². The zero-order valence-corrected chi connectivity index (χ0v) is 12.4. The largest absolute Gasteiger partial charge is 0.361 e. The third-order valence-corrected chi connectivity index (χ3v) is 4.38. The van der Waals surface area contributed by atoms with Crippen LogP contribution in [0.4, 0.5) is 0 Å². The Balaban J connectivity index is 1.80. The molecule has 0 bridgehead atoms. The molecule has 0 fully saturated rings. The van der Waals surface area contributed by atoms with Crippen LogP contribution >= 0.6 is 23.4 Å². The van der Waals surface area contributed by atoms with Gasteiger partial charge in [0.05, 0.1) is 6.54 Å². The van der Waals surface area contributed by atoms with Gasteiger partial charge in [0.25, 0.3) is 0 Å². The number of rotatable bonds is 4. The molecule has 1 aliphatic heterocycles. The summed E-state index contributed by atoms with van der Waals surface area (Å²) < 4.78 is 0. The predicted molar refractivity (Wildman–Crippen MR) is 81.4 cm³/mol. The minimum atomic E-state index is 0.638. The summed E-state index contributed by atoms with van der Waals surface area (Å²) in [6.07, 6.45) is 1.23. The minimum Gasteiger partial charge on any atom is -0.361 e. The van der Waals surface area contributed by atoms with E-state index in [2.05, 4.69) is 24.2 Å². The van der Waals surface area contributed by atoms with Crippen LogP contribution in [0, 0.1) is 5.92 Å². The van der Waals surface area contributed by atoms with Gasteiger partial charge in [-0.2, -0.15) is 0 Å². The van der Waals surface area contributed by atoms with Gasteiger partial charge in [-0.1, -0.05) is 55.4 Å². The van der Waals surface area contributed by atoms with Gasteiger partial charge in [-0.25, -0.2) is 0 Å². The van der Waals surface area contributed by atoms with Crippen LogP contribution in [0.2, 0.25) is 5.02 Å². The summed E-state index contributed by atoms with van der Waals surface area (Å²) in [7, 11) is 0. The van der Waals surface area contributed by atoms with Crippen molar-refractivity contribution in [2.24, 2.45) is 10.9 Å². The van der Waals surface area contributed by atoms with E-state index in [1.54, 1.807) is 0 Å². The Morgan fingerprint density at radius 2 is 2.22 bits per heavy atom. The molecular formula is C14H19ClN2S. The minimum absolute atomic E-state index is 0.638. The molecule has 0 radical (unpaired) electrons. The van der Waals surface area contributed by atoms with Crippen LogP contribution in [-0.2, 0) is 6.54 Å². The van der Waals surface area contributed by atoms with Crippen molar-refractivity contribution < 1.29 is 0 Å². The molecule has 2 nitrogen and oxygen atoms in total. The average molecular weight is 283 g/mol. The normalized spacial score (nSPS) is 19.1. The number of aliphatic imine (C=N–C) groups is 1. The van der Waals surface area contributed by atoms with Crippen molar-refractivity contribution in [3.63, 3.8) is 0 Å². The van der Waals surface area contributed by atoms with Gasteiger partial charge in [-0.3, -0.25) is 4.99 Å². The smallest absolute Gasteiger partial charge is 0.157 e. The van der Waals surface area contributed by atoms with Gasteiger partial charge in [-0.05, 0) is 24.0 Å². The molecule has 0 saturated heterocycles. The lowest BCUT2D eigenvalue weighted by atomic mass is 10.1. The second-order valence-electron chi connectivity index (χ2n) is 4.96. The first-order valence-corrected chi connectivity index (χ1v) is 7.59. The number of amidine groups is 1. The Hall–Kier alpha value is -0.670. The first kappa shape index (κ1) is 13.8. The summed E-state index contributed by atoms with van der Waals surface area (Å²) >= 11 is 7.98. The molecule has 18 heavy (non-hydrogen) atoms. The van der Waals surface area contributed by atoms with Gasteiger partial charge < -0.3 is 5.32 Å². The van der Waals surface area contributed by atoms with Crippen LogP contribution in [0.15, 0.2) is 29.3 Å². The number of benzene rings is 1. The summed E-state index contributed by atoms with van der Waals surface area (Å²) in [5.74, 6) is 0.737. The number of halogens is 1. The van der Waals surface area contributed by atoms with Gasteiger partial charge >= 0.3 is 0 Å². The summed E-state index contributed by atoms with van der Waals surface area (Å²) in [5.41, 5.74) is 1.12. The van der Waals surface area contributed by atoms with Crippen LogP contribution in [-0.4, -0.2) is 17.0 Å². The van der Waals surface area contributed by atoms with E-state index >= 15 is 0 Å². The monoisotopic (exact) mass is 282 g/mol. The van der Waals surface area contributed by atoms with E-state index in [0.29, 0.717) is 5.25 Å². The van der Waals surface area contributed by atoms with Crippen molar-refractivity contribution in [3.8, 4) is 0 Å². The molecule has 2 rings (SSSR count). The topological polar surface area (TPSA) is 24.4 Å². The quantitative estimate of drug-likeness (QED) is 0.904. The number of hydrogen-bond acceptors (Lipinski definition) is 3. The highest BCUT2D eigenvalue weighted by Crippen LogP contribution is 2.26. The maximum absolute atomic E-state index is 6.12. The van der Waals surface area contributed by atoms with Crippen molar-refractivity contribution in [1.29, 1.82) is 0 Å². The van der Waals surface area contributed by atoms with Crippen molar-refractivity contribution in [2.75, 3.05) is 6.54 Å². The second kappa shape index (κ2) is 6.48. The maximum atomic E-state index is 6.12. The zero-order chi connectivity index (χ0) is 13.0. The van der Waals surface area contributed by atoms with E-state index in [9.17, 15) is 0 Å². The van der Waals surface area contributed by atoms with Crippen molar-refractivity contribution in [1.82, 2.24) is 5.32 Å². The highest BCUT2D eigenvalue weighted by atomic mass is 35.5. The van der Waals surface area contributed by atoms with Crippen LogP contribution < -0.4 is 5.32 Å². The standard InChI is InChI=1S/C14H19ClN2S/c1-10(2)7-12-9-17-14(18-12)16-8-11-5-3-4-6-13(11)15/h3-6,10,12H,7-9H2,1-2H3,(H,16,17). The molecule has 0 aromatic heterocycles. The number of hydrogen-bond donors (Lipinski definition) is 1. The van der Waals surface area contributed by atoms with Gasteiger partial charge in [0.15, 0.2) is 5.17 Å². The van der Waals surface area contributed by atoms with E-state index in [-0.39, 0.29) is 0 Å². The molecule has 0 saturated carbocycles. The number of nitrogens with zero attached hydrogens (tertiary/aromatic N) is 1. The number of nitrogens with one attached hydrogen (secondary N) is 1.